The molecule has 0 unspecified atom stereocenters. The van der Waals surface area contributed by atoms with E-state index in [1.165, 1.54) is 14.2 Å². The zero-order valence-corrected chi connectivity index (χ0v) is 32.5. The molecule has 2 saturated heterocycles. The molecule has 2 aliphatic heterocycles. The first-order valence-electron chi connectivity index (χ1n) is 19.8. The molecular formula is C42H52N8O6. The molecule has 14 nitrogen and oxygen atoms in total. The lowest BCUT2D eigenvalue weighted by Crippen LogP contribution is -2.45. The van der Waals surface area contributed by atoms with E-state index in [-0.39, 0.29) is 41.8 Å². The maximum atomic E-state index is 13.6. The van der Waals surface area contributed by atoms with Gasteiger partial charge in [0.15, 0.2) is 6.10 Å². The number of ether oxygens (including phenoxy) is 2. The van der Waals surface area contributed by atoms with Crippen LogP contribution in [-0.4, -0.2) is 93.1 Å². The number of nitrogens with one attached hydrogen (secondary N) is 4. The molecule has 1 aliphatic carbocycles. The average molecular weight is 765 g/mol. The molecule has 1 saturated carbocycles. The van der Waals surface area contributed by atoms with Gasteiger partial charge in [0.05, 0.1) is 43.0 Å². The number of methoxy groups -OCH3 is 1. The van der Waals surface area contributed by atoms with Gasteiger partial charge in [0.1, 0.15) is 11.6 Å². The van der Waals surface area contributed by atoms with Crippen molar-refractivity contribution >= 4 is 24.0 Å². The Balaban J connectivity index is 0.966. The number of aromatic nitrogens is 4. The summed E-state index contributed by atoms with van der Waals surface area (Å²) in [7, 11) is 2.84. The van der Waals surface area contributed by atoms with Crippen LogP contribution in [0.3, 0.4) is 0 Å². The highest BCUT2D eigenvalue weighted by Gasteiger charge is 2.39. The quantitative estimate of drug-likeness (QED) is 0.137. The van der Waals surface area contributed by atoms with E-state index in [2.05, 4.69) is 74.1 Å². The third-order valence-corrected chi connectivity index (χ3v) is 11.5. The lowest BCUT2D eigenvalue weighted by molar-refractivity contribution is -0.143. The molecule has 4 aromatic rings. The molecule has 4 amide bonds. The number of carbonyl (C=O) groups excluding carboxylic acids is 4. The van der Waals surface area contributed by atoms with Gasteiger partial charge in [0.2, 0.25) is 5.91 Å². The number of alkyl carbamates (subject to hydrolysis) is 2. The molecule has 14 heteroatoms. The standard InChI is InChI=1S/C42H52N8O6/c1-25(2)36(56-41(53)43-3)40(52)50-22-6-8-35(50)38-45-24-33(48-38)29-15-11-27(12-16-29)26-9-13-28(14-10-26)32-23-44-37(47-32)34-7-5-21-49(34)39(51)30-17-19-31(20-18-30)46-42(54)55-4/h9-16,23-25,30-31,34-36H,5-8,17-22H2,1-4H3,(H,43,53)(H,44,47)(H,45,48)(H,46,54)/t30?,31?,34-,35-,36-/m0/s1. The third-order valence-electron chi connectivity index (χ3n) is 11.5. The molecule has 3 atom stereocenters. The Morgan fingerprint density at radius 3 is 1.71 bits per heavy atom. The predicted octanol–water partition coefficient (Wildman–Crippen LogP) is 6.76. The fourth-order valence-electron chi connectivity index (χ4n) is 8.37. The van der Waals surface area contributed by atoms with E-state index in [1.807, 2.05) is 24.9 Å². The molecule has 2 aromatic heterocycles. The smallest absolute Gasteiger partial charge is 0.407 e. The highest BCUT2D eigenvalue weighted by molar-refractivity contribution is 5.84. The number of nitrogens with zero attached hydrogens (tertiary/aromatic N) is 4. The number of likely N-dealkylation sites (tertiary alicyclic amines) is 2. The molecule has 3 aliphatic rings. The molecule has 56 heavy (non-hydrogen) atoms. The van der Waals surface area contributed by atoms with Crippen LogP contribution in [0.25, 0.3) is 33.6 Å². The van der Waals surface area contributed by atoms with E-state index in [0.29, 0.717) is 6.54 Å². The number of benzene rings is 2. The second kappa shape index (κ2) is 17.0. The zero-order valence-electron chi connectivity index (χ0n) is 32.5. The van der Waals surface area contributed by atoms with E-state index >= 15 is 0 Å². The van der Waals surface area contributed by atoms with Gasteiger partial charge < -0.3 is 39.9 Å². The van der Waals surface area contributed by atoms with Crippen molar-refractivity contribution in [3.63, 3.8) is 0 Å². The van der Waals surface area contributed by atoms with Crippen LogP contribution >= 0.6 is 0 Å². The van der Waals surface area contributed by atoms with Crippen LogP contribution in [0, 0.1) is 11.8 Å². The van der Waals surface area contributed by atoms with Gasteiger partial charge in [-0.3, -0.25) is 9.59 Å². The Morgan fingerprint density at radius 1 is 0.714 bits per heavy atom. The first-order chi connectivity index (χ1) is 27.1. The van der Waals surface area contributed by atoms with Crippen molar-refractivity contribution in [2.75, 3.05) is 27.2 Å². The largest absolute Gasteiger partial charge is 0.453 e. The van der Waals surface area contributed by atoms with Crippen LogP contribution < -0.4 is 10.6 Å². The number of hydrogen-bond acceptors (Lipinski definition) is 8. The highest BCUT2D eigenvalue weighted by atomic mass is 16.6. The molecular weight excluding hydrogens is 713 g/mol. The molecule has 7 rings (SSSR count). The van der Waals surface area contributed by atoms with Gasteiger partial charge in [-0.25, -0.2) is 19.6 Å². The zero-order chi connectivity index (χ0) is 39.3. The monoisotopic (exact) mass is 764 g/mol. The van der Waals surface area contributed by atoms with Crippen molar-refractivity contribution in [2.24, 2.45) is 11.8 Å². The number of rotatable bonds is 10. The minimum atomic E-state index is -0.870. The molecule has 2 aromatic carbocycles. The van der Waals surface area contributed by atoms with Gasteiger partial charge in [-0.05, 0) is 79.5 Å². The van der Waals surface area contributed by atoms with E-state index in [9.17, 15) is 19.2 Å². The summed E-state index contributed by atoms with van der Waals surface area (Å²) in [4.78, 5) is 70.8. The highest BCUT2D eigenvalue weighted by Crippen LogP contribution is 2.37. The van der Waals surface area contributed by atoms with Crippen molar-refractivity contribution in [1.82, 2.24) is 40.4 Å². The van der Waals surface area contributed by atoms with Crippen LogP contribution in [0.4, 0.5) is 9.59 Å². The summed E-state index contributed by atoms with van der Waals surface area (Å²) in [5.74, 6) is 1.30. The Morgan fingerprint density at radius 2 is 1.21 bits per heavy atom. The van der Waals surface area contributed by atoms with E-state index < -0.39 is 18.3 Å². The second-order valence-electron chi connectivity index (χ2n) is 15.4. The van der Waals surface area contributed by atoms with Crippen LogP contribution in [0.2, 0.25) is 0 Å². The van der Waals surface area contributed by atoms with E-state index in [1.54, 1.807) is 11.1 Å². The van der Waals surface area contributed by atoms with Crippen LogP contribution in [-0.2, 0) is 19.1 Å². The summed E-state index contributed by atoms with van der Waals surface area (Å²) in [6.45, 7) is 5.05. The van der Waals surface area contributed by atoms with Crippen LogP contribution in [0.5, 0.6) is 0 Å². The van der Waals surface area contributed by atoms with Crippen LogP contribution in [0.1, 0.15) is 88.9 Å². The van der Waals surface area contributed by atoms with Gasteiger partial charge in [0.25, 0.3) is 5.91 Å². The first kappa shape index (κ1) is 38.6. The number of carbonyl (C=O) groups is 4. The van der Waals surface area contributed by atoms with Gasteiger partial charge in [-0.1, -0.05) is 62.4 Å². The predicted molar refractivity (Wildman–Crippen MR) is 210 cm³/mol. The fourth-order valence-corrected chi connectivity index (χ4v) is 8.37. The maximum Gasteiger partial charge on any atom is 0.407 e. The SMILES string of the molecule is CNC(=O)O[C@H](C(=O)N1CCC[C@H]1c1ncc(-c2ccc(-c3ccc(-c4cnc([C@@H]5CCCN5C(=O)C5CCC(NC(=O)OC)CC5)[nH]4)cc3)cc2)[nH]1)C(C)C. The minimum absolute atomic E-state index is 0.0408. The molecule has 4 N–H and O–H groups in total. The molecule has 3 fully saturated rings. The maximum absolute atomic E-state index is 13.6. The number of hydrogen-bond donors (Lipinski definition) is 4. The summed E-state index contributed by atoms with van der Waals surface area (Å²) in [5.41, 5.74) is 5.92. The van der Waals surface area contributed by atoms with E-state index in [4.69, 9.17) is 14.5 Å². The topological polar surface area (TPSA) is 175 Å². The van der Waals surface area contributed by atoms with Gasteiger partial charge in [-0.15, -0.1) is 0 Å². The summed E-state index contributed by atoms with van der Waals surface area (Å²) in [6.07, 6.45) is 8.21. The number of H-pyrrole nitrogens is 2. The van der Waals surface area contributed by atoms with Crippen molar-refractivity contribution in [3.8, 4) is 33.6 Å². The lowest BCUT2D eigenvalue weighted by Gasteiger charge is -2.32. The third kappa shape index (κ3) is 8.29. The molecule has 0 spiro atoms. The number of amides is 4. The first-order valence-corrected chi connectivity index (χ1v) is 19.8. The van der Waals surface area contributed by atoms with Gasteiger partial charge in [0, 0.05) is 32.1 Å². The van der Waals surface area contributed by atoms with Crippen LogP contribution in [0.15, 0.2) is 60.9 Å². The lowest BCUT2D eigenvalue weighted by atomic mass is 9.85. The summed E-state index contributed by atoms with van der Waals surface area (Å²) in [5, 5.41) is 5.31. The van der Waals surface area contributed by atoms with Crippen molar-refractivity contribution in [3.05, 3.63) is 72.6 Å². The molecule has 4 heterocycles. The minimum Gasteiger partial charge on any atom is -0.453 e. The van der Waals surface area contributed by atoms with Gasteiger partial charge >= 0.3 is 12.2 Å². The average Bonchev–Trinajstić information content (AvgIpc) is 4.07. The Labute approximate surface area is 327 Å². The Kier molecular flexibility index (Phi) is 11.7. The Hall–Kier alpha value is -5.66. The Bertz CT molecular complexity index is 2000. The molecule has 0 bridgehead atoms. The molecule has 296 valence electrons. The van der Waals surface area contributed by atoms with Crippen molar-refractivity contribution in [1.29, 1.82) is 0 Å². The summed E-state index contributed by atoms with van der Waals surface area (Å²) in [6, 6.07) is 16.4. The van der Waals surface area contributed by atoms with E-state index in [0.717, 1.165) is 103 Å². The van der Waals surface area contributed by atoms with Crippen molar-refractivity contribution < 1.29 is 28.7 Å². The molecule has 0 radical (unpaired) electrons. The summed E-state index contributed by atoms with van der Waals surface area (Å²) < 4.78 is 10.2. The summed E-state index contributed by atoms with van der Waals surface area (Å²) >= 11 is 0. The second-order valence-corrected chi connectivity index (χ2v) is 15.4. The normalized spacial score (nSPS) is 21.5. The number of aromatic amines is 2. The fraction of sp³-hybridized carbons (Fsp3) is 0.476. The van der Waals surface area contributed by atoms with Crippen molar-refractivity contribution in [2.45, 2.75) is 89.4 Å². The number of imidazole rings is 2. The van der Waals surface area contributed by atoms with Gasteiger partial charge in [-0.2, -0.15) is 0 Å².